The fourth-order valence-electron chi connectivity index (χ4n) is 2.91. The van der Waals surface area contributed by atoms with E-state index in [9.17, 15) is 0 Å². The average Bonchev–Trinajstić information content (AvgIpc) is 3.16. The van der Waals surface area contributed by atoms with Gasteiger partial charge in [0.25, 0.3) is 0 Å². The molecule has 7 nitrogen and oxygen atoms in total. The van der Waals surface area contributed by atoms with E-state index in [2.05, 4.69) is 15.6 Å². The second-order valence-electron chi connectivity index (χ2n) is 6.07. The van der Waals surface area contributed by atoms with Gasteiger partial charge in [0.2, 0.25) is 6.79 Å². The molecule has 2 heterocycles. The molecule has 2 aromatic rings. The van der Waals surface area contributed by atoms with Crippen LogP contribution in [0, 0.1) is 0 Å². The fourth-order valence-corrected chi connectivity index (χ4v) is 3.20. The van der Waals surface area contributed by atoms with Gasteiger partial charge in [-0.1, -0.05) is 17.7 Å². The maximum atomic E-state index is 6.28. The molecule has 150 valence electrons. The molecule has 2 aromatic carbocycles. The maximum Gasteiger partial charge on any atom is 0.231 e. The zero-order valence-corrected chi connectivity index (χ0v) is 18.4. The number of ether oxygens (including phenoxy) is 4. The number of aliphatic imine (C=N–C) groups is 1. The summed E-state index contributed by atoms with van der Waals surface area (Å²) in [6.07, 6.45) is 0. The zero-order valence-electron chi connectivity index (χ0n) is 15.3. The minimum atomic E-state index is 0. The van der Waals surface area contributed by atoms with E-state index in [-0.39, 0.29) is 30.8 Å². The maximum absolute atomic E-state index is 6.28. The van der Waals surface area contributed by atoms with Crippen LogP contribution in [-0.4, -0.2) is 33.0 Å². The molecule has 0 spiro atoms. The molecule has 0 fully saturated rings. The number of fused-ring (bicyclic) bond motifs is 2. The number of guanidine groups is 1. The second-order valence-corrected chi connectivity index (χ2v) is 6.48. The van der Waals surface area contributed by atoms with Crippen LogP contribution in [0.2, 0.25) is 5.02 Å². The van der Waals surface area contributed by atoms with E-state index in [1.54, 1.807) is 7.05 Å². The molecule has 9 heteroatoms. The zero-order chi connectivity index (χ0) is 18.6. The largest absolute Gasteiger partial charge is 0.486 e. The number of nitrogens with one attached hydrogen (secondary N) is 2. The van der Waals surface area contributed by atoms with Crippen LogP contribution in [0.25, 0.3) is 0 Å². The van der Waals surface area contributed by atoms with E-state index in [4.69, 9.17) is 30.5 Å². The minimum Gasteiger partial charge on any atom is -0.486 e. The van der Waals surface area contributed by atoms with Gasteiger partial charge in [0.15, 0.2) is 29.0 Å². The number of benzene rings is 2. The van der Waals surface area contributed by atoms with E-state index >= 15 is 0 Å². The molecule has 0 atom stereocenters. The third-order valence-electron chi connectivity index (χ3n) is 4.24. The lowest BCUT2D eigenvalue weighted by Gasteiger charge is -2.20. The van der Waals surface area contributed by atoms with Crippen LogP contribution in [-0.2, 0) is 13.1 Å². The Bertz CT molecular complexity index is 878. The Balaban J connectivity index is 0.00000225. The topological polar surface area (TPSA) is 73.3 Å². The highest BCUT2D eigenvalue weighted by molar-refractivity contribution is 14.0. The van der Waals surface area contributed by atoms with Gasteiger partial charge in [0, 0.05) is 20.1 Å². The summed E-state index contributed by atoms with van der Waals surface area (Å²) in [6.45, 7) is 2.47. The lowest BCUT2D eigenvalue weighted by Crippen LogP contribution is -2.36. The lowest BCUT2D eigenvalue weighted by atomic mass is 10.2. The van der Waals surface area contributed by atoms with Gasteiger partial charge in [0.05, 0.1) is 5.02 Å². The molecule has 4 rings (SSSR count). The first kappa shape index (κ1) is 20.7. The Hall–Kier alpha value is -2.07. The third kappa shape index (κ3) is 4.67. The predicted octanol–water partition coefficient (Wildman–Crippen LogP) is 3.32. The van der Waals surface area contributed by atoms with Crippen molar-refractivity contribution in [2.45, 2.75) is 13.1 Å². The Morgan fingerprint density at radius 1 is 0.929 bits per heavy atom. The van der Waals surface area contributed by atoms with E-state index < -0.39 is 0 Å². The van der Waals surface area contributed by atoms with Gasteiger partial charge in [-0.05, 0) is 35.4 Å². The first-order valence-corrected chi connectivity index (χ1v) is 9.02. The lowest BCUT2D eigenvalue weighted by molar-refractivity contribution is 0.171. The van der Waals surface area contributed by atoms with Crippen molar-refractivity contribution in [3.8, 4) is 23.0 Å². The Kier molecular flexibility index (Phi) is 6.95. The molecule has 0 saturated carbocycles. The van der Waals surface area contributed by atoms with E-state index in [1.807, 2.05) is 30.3 Å². The van der Waals surface area contributed by atoms with Crippen molar-refractivity contribution in [2.24, 2.45) is 4.99 Å². The van der Waals surface area contributed by atoms with Gasteiger partial charge in [-0.2, -0.15) is 0 Å². The van der Waals surface area contributed by atoms with Crippen LogP contribution >= 0.6 is 35.6 Å². The summed E-state index contributed by atoms with van der Waals surface area (Å²) in [5.41, 5.74) is 2.06. The van der Waals surface area contributed by atoms with Gasteiger partial charge in [-0.15, -0.1) is 24.0 Å². The van der Waals surface area contributed by atoms with Gasteiger partial charge in [-0.25, -0.2) is 0 Å². The van der Waals surface area contributed by atoms with Crippen molar-refractivity contribution >= 4 is 41.5 Å². The van der Waals surface area contributed by atoms with Crippen LogP contribution < -0.4 is 29.6 Å². The second kappa shape index (κ2) is 9.42. The molecule has 0 unspecified atom stereocenters. The van der Waals surface area contributed by atoms with Crippen molar-refractivity contribution in [3.63, 3.8) is 0 Å². The van der Waals surface area contributed by atoms with Gasteiger partial charge < -0.3 is 29.6 Å². The third-order valence-corrected chi connectivity index (χ3v) is 4.52. The molecule has 0 radical (unpaired) electrons. The molecule has 0 bridgehead atoms. The Morgan fingerprint density at radius 3 is 2.46 bits per heavy atom. The van der Waals surface area contributed by atoms with Crippen molar-refractivity contribution in [1.29, 1.82) is 0 Å². The highest BCUT2D eigenvalue weighted by atomic mass is 127. The van der Waals surface area contributed by atoms with Crippen LogP contribution in [0.4, 0.5) is 0 Å². The molecule has 2 aliphatic rings. The highest BCUT2D eigenvalue weighted by Gasteiger charge is 2.17. The predicted molar refractivity (Wildman–Crippen MR) is 117 cm³/mol. The smallest absolute Gasteiger partial charge is 0.231 e. The normalized spacial score (nSPS) is 14.3. The molecule has 2 N–H and O–H groups in total. The fraction of sp³-hybridized carbons (Fsp3) is 0.316. The van der Waals surface area contributed by atoms with Crippen LogP contribution in [0.3, 0.4) is 0 Å². The number of hydrogen-bond acceptors (Lipinski definition) is 5. The molecule has 0 saturated heterocycles. The van der Waals surface area contributed by atoms with E-state index in [0.29, 0.717) is 48.8 Å². The van der Waals surface area contributed by atoms with Gasteiger partial charge in [-0.3, -0.25) is 4.99 Å². The number of rotatable bonds is 4. The number of hydrogen-bond donors (Lipinski definition) is 2. The summed E-state index contributed by atoms with van der Waals surface area (Å²) < 4.78 is 21.9. The molecule has 2 aliphatic heterocycles. The Morgan fingerprint density at radius 2 is 1.64 bits per heavy atom. The summed E-state index contributed by atoms with van der Waals surface area (Å²) >= 11 is 6.28. The number of nitrogens with zero attached hydrogens (tertiary/aromatic N) is 1. The monoisotopic (exact) mass is 517 g/mol. The van der Waals surface area contributed by atoms with Crippen LogP contribution in [0.15, 0.2) is 35.3 Å². The van der Waals surface area contributed by atoms with Crippen molar-refractivity contribution in [3.05, 3.63) is 46.5 Å². The van der Waals surface area contributed by atoms with Gasteiger partial charge >= 0.3 is 0 Å². The summed E-state index contributed by atoms with van der Waals surface area (Å²) in [6, 6.07) is 9.66. The summed E-state index contributed by atoms with van der Waals surface area (Å²) in [4.78, 5) is 4.25. The number of halogens is 2. The summed E-state index contributed by atoms with van der Waals surface area (Å²) in [5.74, 6) is 3.50. The van der Waals surface area contributed by atoms with Crippen molar-refractivity contribution in [1.82, 2.24) is 10.6 Å². The first-order chi connectivity index (χ1) is 13.2. The molecule has 0 amide bonds. The molecule has 0 aromatic heterocycles. The quantitative estimate of drug-likeness (QED) is 0.368. The summed E-state index contributed by atoms with van der Waals surface area (Å²) in [5, 5.41) is 7.10. The van der Waals surface area contributed by atoms with Gasteiger partial charge in [0.1, 0.15) is 13.2 Å². The average molecular weight is 518 g/mol. The van der Waals surface area contributed by atoms with E-state index in [0.717, 1.165) is 22.6 Å². The molecule has 28 heavy (non-hydrogen) atoms. The molecule has 0 aliphatic carbocycles. The summed E-state index contributed by atoms with van der Waals surface area (Å²) in [7, 11) is 1.73. The van der Waals surface area contributed by atoms with Crippen LogP contribution in [0.5, 0.6) is 23.0 Å². The molecular weight excluding hydrogens is 497 g/mol. The minimum absolute atomic E-state index is 0. The van der Waals surface area contributed by atoms with Crippen LogP contribution in [0.1, 0.15) is 11.1 Å². The molecular formula is C19H21ClIN3O4. The SMILES string of the molecule is CN=C(NCc1ccc2c(c1)OCO2)NCc1cc(Cl)c2c(c1)OCCO2.I. The highest BCUT2D eigenvalue weighted by Crippen LogP contribution is 2.38. The first-order valence-electron chi connectivity index (χ1n) is 8.64. The van der Waals surface area contributed by atoms with Crippen molar-refractivity contribution in [2.75, 3.05) is 27.1 Å². The Labute approximate surface area is 185 Å². The van der Waals surface area contributed by atoms with E-state index in [1.165, 1.54) is 0 Å². The standard InChI is InChI=1S/C19H20ClN3O4.HI/c1-21-19(22-9-12-2-3-15-16(7-12)27-11-26-15)23-10-13-6-14(20)18-17(8-13)24-4-5-25-18;/h2-3,6-8H,4-5,9-11H2,1H3,(H2,21,22,23);1H. The van der Waals surface area contributed by atoms with Crippen molar-refractivity contribution < 1.29 is 18.9 Å².